The van der Waals surface area contributed by atoms with Crippen molar-refractivity contribution in [2.75, 3.05) is 5.32 Å². The first-order chi connectivity index (χ1) is 17.2. The number of carbonyl (C=O) groups excluding carboxylic acids is 4. The number of aryl methyl sites for hydroxylation is 1. The number of Topliss-reactive ketones (excluding diaryl/α,β-unsaturated/α-hetero) is 2. The van der Waals surface area contributed by atoms with Crippen LogP contribution in [0.4, 0.5) is 5.69 Å². The largest absolute Gasteiger partial charge is 0.507 e. The van der Waals surface area contributed by atoms with Gasteiger partial charge < -0.3 is 15.2 Å². The molecule has 0 saturated carbocycles. The molecule has 2 N–H and O–H groups in total. The Labute approximate surface area is 209 Å². The topological polar surface area (TPSA) is 110 Å². The van der Waals surface area contributed by atoms with Gasteiger partial charge in [0, 0.05) is 11.3 Å². The Kier molecular flexibility index (Phi) is 7.01. The molecule has 1 amide bonds. The smallest absolute Gasteiger partial charge is 0.339 e. The van der Waals surface area contributed by atoms with E-state index in [2.05, 4.69) is 5.32 Å². The van der Waals surface area contributed by atoms with Crippen LogP contribution in [0, 0.1) is 5.92 Å². The van der Waals surface area contributed by atoms with Crippen LogP contribution in [0.5, 0.6) is 5.75 Å². The number of cyclic esters (lactones) is 1. The van der Waals surface area contributed by atoms with E-state index in [1.807, 2.05) is 39.0 Å². The normalized spacial score (nSPS) is 15.2. The molecule has 0 fully saturated rings. The van der Waals surface area contributed by atoms with E-state index in [9.17, 15) is 24.3 Å². The molecule has 7 nitrogen and oxygen atoms in total. The number of rotatable bonds is 8. The lowest BCUT2D eigenvalue weighted by molar-refractivity contribution is -0.138. The van der Waals surface area contributed by atoms with Gasteiger partial charge in [0.15, 0.2) is 5.78 Å². The minimum atomic E-state index is -1.68. The second-order valence-corrected chi connectivity index (χ2v) is 8.98. The molecule has 1 heterocycles. The van der Waals surface area contributed by atoms with Crippen LogP contribution in [0.15, 0.2) is 66.7 Å². The van der Waals surface area contributed by atoms with Gasteiger partial charge in [0.1, 0.15) is 17.8 Å². The van der Waals surface area contributed by atoms with Gasteiger partial charge in [-0.2, -0.15) is 0 Å². The van der Waals surface area contributed by atoms with E-state index in [1.165, 1.54) is 30.3 Å². The van der Waals surface area contributed by atoms with E-state index >= 15 is 0 Å². The fourth-order valence-corrected chi connectivity index (χ4v) is 4.53. The van der Waals surface area contributed by atoms with Gasteiger partial charge in [0.05, 0.1) is 11.1 Å². The van der Waals surface area contributed by atoms with Crippen LogP contribution in [0.25, 0.3) is 0 Å². The number of anilines is 1. The summed E-state index contributed by atoms with van der Waals surface area (Å²) in [6, 6.07) is 17.8. The zero-order valence-electron chi connectivity index (χ0n) is 20.3. The summed E-state index contributed by atoms with van der Waals surface area (Å²) in [5.74, 6) is -5.49. The van der Waals surface area contributed by atoms with Crippen LogP contribution in [-0.2, 0) is 20.7 Å². The monoisotopic (exact) mass is 485 g/mol. The molecule has 0 aliphatic carbocycles. The number of aromatic hydroxyl groups is 1. The summed E-state index contributed by atoms with van der Waals surface area (Å²) in [6.45, 7) is 5.90. The fraction of sp³-hybridized carbons (Fsp3) is 0.241. The van der Waals surface area contributed by atoms with E-state index in [0.717, 1.165) is 11.1 Å². The Bertz CT molecular complexity index is 1360. The zero-order valence-corrected chi connectivity index (χ0v) is 20.3. The summed E-state index contributed by atoms with van der Waals surface area (Å²) < 4.78 is 5.46. The summed E-state index contributed by atoms with van der Waals surface area (Å²) >= 11 is 0. The van der Waals surface area contributed by atoms with Crippen molar-refractivity contribution in [2.24, 2.45) is 5.92 Å². The maximum Gasteiger partial charge on any atom is 0.339 e. The highest BCUT2D eigenvalue weighted by Gasteiger charge is 2.46. The van der Waals surface area contributed by atoms with Gasteiger partial charge in [-0.25, -0.2) is 4.79 Å². The fourth-order valence-electron chi connectivity index (χ4n) is 4.53. The van der Waals surface area contributed by atoms with Crippen LogP contribution < -0.4 is 5.32 Å². The van der Waals surface area contributed by atoms with Crippen LogP contribution in [0.2, 0.25) is 0 Å². The van der Waals surface area contributed by atoms with Crippen molar-refractivity contribution in [2.45, 2.75) is 39.2 Å². The molecular weight excluding hydrogens is 458 g/mol. The van der Waals surface area contributed by atoms with Crippen LogP contribution in [-0.4, -0.2) is 28.5 Å². The van der Waals surface area contributed by atoms with E-state index in [0.29, 0.717) is 17.7 Å². The molecule has 4 rings (SSSR count). The van der Waals surface area contributed by atoms with Crippen molar-refractivity contribution >= 4 is 29.1 Å². The third-order valence-electron chi connectivity index (χ3n) is 6.41. The van der Waals surface area contributed by atoms with Gasteiger partial charge in [0.25, 0.3) is 5.91 Å². The molecule has 2 atom stereocenters. The molecule has 3 aromatic rings. The van der Waals surface area contributed by atoms with Gasteiger partial charge in [0.2, 0.25) is 5.78 Å². The third kappa shape index (κ3) is 4.52. The number of phenols is 1. The van der Waals surface area contributed by atoms with E-state index < -0.39 is 35.5 Å². The second-order valence-electron chi connectivity index (χ2n) is 8.98. The average Bonchev–Trinajstić information content (AvgIpc) is 3.20. The van der Waals surface area contributed by atoms with Crippen molar-refractivity contribution in [3.63, 3.8) is 0 Å². The predicted molar refractivity (Wildman–Crippen MR) is 134 cm³/mol. The molecule has 0 spiro atoms. The Hall–Kier alpha value is -4.26. The number of para-hydroxylation sites is 2. The maximum atomic E-state index is 13.7. The van der Waals surface area contributed by atoms with Gasteiger partial charge in [-0.3, -0.25) is 14.4 Å². The molecule has 184 valence electrons. The lowest BCUT2D eigenvalue weighted by atomic mass is 9.84. The number of hydrogen-bond acceptors (Lipinski definition) is 6. The highest BCUT2D eigenvalue weighted by atomic mass is 16.5. The highest BCUT2D eigenvalue weighted by Crippen LogP contribution is 2.39. The number of fused-ring (bicyclic) bond motifs is 1. The van der Waals surface area contributed by atoms with Crippen LogP contribution >= 0.6 is 0 Å². The Balaban J connectivity index is 1.76. The van der Waals surface area contributed by atoms with Gasteiger partial charge in [-0.1, -0.05) is 69.3 Å². The molecule has 36 heavy (non-hydrogen) atoms. The first kappa shape index (κ1) is 24.9. The number of hydrogen-bond donors (Lipinski definition) is 2. The van der Waals surface area contributed by atoms with Crippen molar-refractivity contribution in [3.8, 4) is 5.75 Å². The lowest BCUT2D eigenvalue weighted by Crippen LogP contribution is -2.38. The highest BCUT2D eigenvalue weighted by molar-refractivity contribution is 6.45. The summed E-state index contributed by atoms with van der Waals surface area (Å²) in [4.78, 5) is 53.1. The van der Waals surface area contributed by atoms with Crippen molar-refractivity contribution in [1.29, 1.82) is 0 Å². The van der Waals surface area contributed by atoms with Gasteiger partial charge in [-0.05, 0) is 41.7 Å². The lowest BCUT2D eigenvalue weighted by Gasteiger charge is -2.22. The standard InChI is InChI=1S/C29H27NO6/c1-4-17-10-9-14-18(16(2)3)24(17)30-28(34)26(33)23(25(32)21-13-7-8-15-22(21)31)27-19-11-5-6-12-20(19)29(35)36-27/h5-16,23,27,31H,4H2,1-3H3,(H,30,34)/t23-,27+/m1/s1. The first-order valence-electron chi connectivity index (χ1n) is 11.8. The average molecular weight is 486 g/mol. The summed E-state index contributed by atoms with van der Waals surface area (Å²) in [7, 11) is 0. The summed E-state index contributed by atoms with van der Waals surface area (Å²) in [6.07, 6.45) is -0.678. The van der Waals surface area contributed by atoms with Crippen molar-refractivity contribution in [1.82, 2.24) is 0 Å². The number of phenolic OH excluding ortho intramolecular Hbond substituents is 1. The summed E-state index contributed by atoms with van der Waals surface area (Å²) in [5.41, 5.74) is 2.67. The van der Waals surface area contributed by atoms with E-state index in [-0.39, 0.29) is 22.8 Å². The Morgan fingerprint density at radius 2 is 1.67 bits per heavy atom. The number of ketones is 2. The molecule has 0 radical (unpaired) electrons. The Morgan fingerprint density at radius 3 is 2.36 bits per heavy atom. The van der Waals surface area contributed by atoms with Crippen molar-refractivity contribution < 1.29 is 29.0 Å². The van der Waals surface area contributed by atoms with E-state index in [1.54, 1.807) is 18.2 Å². The molecule has 0 unspecified atom stereocenters. The van der Waals surface area contributed by atoms with Crippen molar-refractivity contribution in [3.05, 3.63) is 94.5 Å². The van der Waals surface area contributed by atoms with Crippen LogP contribution in [0.3, 0.4) is 0 Å². The maximum absolute atomic E-state index is 13.7. The number of amides is 1. The molecule has 0 bridgehead atoms. The quantitative estimate of drug-likeness (QED) is 0.201. The number of esters is 1. The molecule has 0 aromatic heterocycles. The number of benzene rings is 3. The minimum Gasteiger partial charge on any atom is -0.507 e. The molecule has 1 aliphatic rings. The van der Waals surface area contributed by atoms with E-state index in [4.69, 9.17) is 4.74 Å². The second kappa shape index (κ2) is 10.2. The van der Waals surface area contributed by atoms with Gasteiger partial charge in [-0.15, -0.1) is 0 Å². The van der Waals surface area contributed by atoms with Crippen LogP contribution in [0.1, 0.15) is 70.2 Å². The van der Waals surface area contributed by atoms with Gasteiger partial charge >= 0.3 is 5.97 Å². The predicted octanol–water partition coefficient (Wildman–Crippen LogP) is 5.00. The number of ether oxygens (including phenoxy) is 1. The minimum absolute atomic E-state index is 0.0725. The SMILES string of the molecule is CCc1cccc(C(C)C)c1NC(=O)C(=O)[C@@H](C(=O)c1ccccc1O)[C@H]1OC(=O)c2ccccc21. The molecule has 0 saturated heterocycles. The third-order valence-corrected chi connectivity index (χ3v) is 6.41. The molecule has 1 aliphatic heterocycles. The first-order valence-corrected chi connectivity index (χ1v) is 11.8. The Morgan fingerprint density at radius 1 is 0.972 bits per heavy atom. The molecule has 7 heteroatoms. The molecular formula is C29H27NO6. The zero-order chi connectivity index (χ0) is 26.0. The molecule has 3 aromatic carbocycles. The number of nitrogens with one attached hydrogen (secondary N) is 1. The summed E-state index contributed by atoms with van der Waals surface area (Å²) in [5, 5.41) is 13.0. The number of carbonyl (C=O) groups is 4.